The van der Waals surface area contributed by atoms with Crippen LogP contribution in [0.25, 0.3) is 5.69 Å². The molecule has 1 saturated carbocycles. The van der Waals surface area contributed by atoms with Crippen molar-refractivity contribution in [1.29, 1.82) is 0 Å². The first-order valence-corrected chi connectivity index (χ1v) is 11.5. The maximum Gasteiger partial charge on any atom is 0.258 e. The van der Waals surface area contributed by atoms with Gasteiger partial charge in [-0.1, -0.05) is 29.5 Å². The number of hydroxylamine groups is 1. The minimum absolute atomic E-state index is 0.0226. The summed E-state index contributed by atoms with van der Waals surface area (Å²) in [6, 6.07) is 13.4. The molecular weight excluding hydrogens is 434 g/mol. The Balaban J connectivity index is 1.60. The van der Waals surface area contributed by atoms with Crippen molar-refractivity contribution in [2.75, 3.05) is 13.2 Å². The standard InChI is InChI=1S/C21H23N5O5S/c27-21(23-28)14-25(13-16-7-9-18(10-8-16)26-12-11-22-24-26)32(29,30)20-4-2-1-3-19(20)31-15-17-5-6-17/h1-4,7-12,17,28H,5-6,13-15H2,(H,23,27). The average molecular weight is 458 g/mol. The Kier molecular flexibility index (Phi) is 6.49. The predicted octanol–water partition coefficient (Wildman–Crippen LogP) is 1.75. The first-order valence-electron chi connectivity index (χ1n) is 10.1. The molecule has 1 aliphatic carbocycles. The normalized spacial score (nSPS) is 13.8. The summed E-state index contributed by atoms with van der Waals surface area (Å²) in [5.41, 5.74) is 2.91. The molecule has 1 amide bonds. The van der Waals surface area contributed by atoms with Gasteiger partial charge < -0.3 is 4.74 Å². The predicted molar refractivity (Wildman–Crippen MR) is 114 cm³/mol. The third kappa shape index (κ3) is 5.13. The van der Waals surface area contributed by atoms with Crippen LogP contribution >= 0.6 is 0 Å². The van der Waals surface area contributed by atoms with Crippen LogP contribution in [0.3, 0.4) is 0 Å². The summed E-state index contributed by atoms with van der Waals surface area (Å²) >= 11 is 0. The summed E-state index contributed by atoms with van der Waals surface area (Å²) in [5, 5.41) is 16.7. The zero-order chi connectivity index (χ0) is 22.6. The Hall–Kier alpha value is -3.28. The highest BCUT2D eigenvalue weighted by molar-refractivity contribution is 7.89. The molecule has 11 heteroatoms. The molecule has 32 heavy (non-hydrogen) atoms. The van der Waals surface area contributed by atoms with Crippen LogP contribution in [-0.4, -0.2) is 52.0 Å². The molecule has 0 saturated heterocycles. The molecule has 1 aromatic heterocycles. The van der Waals surface area contributed by atoms with E-state index in [1.165, 1.54) is 11.5 Å². The fraction of sp³-hybridized carbons (Fsp3) is 0.286. The number of sulfonamides is 1. The van der Waals surface area contributed by atoms with E-state index >= 15 is 0 Å². The Morgan fingerprint density at radius 2 is 1.94 bits per heavy atom. The monoisotopic (exact) mass is 457 g/mol. The largest absolute Gasteiger partial charge is 0.492 e. The van der Waals surface area contributed by atoms with Gasteiger partial charge in [0.2, 0.25) is 10.0 Å². The average Bonchev–Trinajstić information content (AvgIpc) is 3.48. The van der Waals surface area contributed by atoms with Crippen LogP contribution in [-0.2, 0) is 21.4 Å². The number of amides is 1. The smallest absolute Gasteiger partial charge is 0.258 e. The van der Waals surface area contributed by atoms with Gasteiger partial charge in [-0.3, -0.25) is 10.0 Å². The number of hydrogen-bond donors (Lipinski definition) is 2. The fourth-order valence-electron chi connectivity index (χ4n) is 3.14. The molecule has 0 aliphatic heterocycles. The van der Waals surface area contributed by atoms with Crippen LogP contribution in [0.15, 0.2) is 65.8 Å². The van der Waals surface area contributed by atoms with Gasteiger partial charge in [-0.05, 0) is 48.6 Å². The van der Waals surface area contributed by atoms with Crippen molar-refractivity contribution < 1.29 is 23.2 Å². The number of rotatable bonds is 10. The van der Waals surface area contributed by atoms with Crippen LogP contribution in [0.5, 0.6) is 5.75 Å². The summed E-state index contributed by atoms with van der Waals surface area (Å²) in [4.78, 5) is 11.9. The quantitative estimate of drug-likeness (QED) is 0.351. The molecule has 0 spiro atoms. The second-order valence-electron chi connectivity index (χ2n) is 7.52. The van der Waals surface area contributed by atoms with Crippen molar-refractivity contribution in [3.8, 4) is 11.4 Å². The molecule has 0 bridgehead atoms. The summed E-state index contributed by atoms with van der Waals surface area (Å²) in [7, 11) is -4.11. The van der Waals surface area contributed by atoms with E-state index < -0.39 is 22.5 Å². The van der Waals surface area contributed by atoms with Crippen LogP contribution < -0.4 is 10.2 Å². The number of benzene rings is 2. The topological polar surface area (TPSA) is 127 Å². The molecule has 1 fully saturated rings. The van der Waals surface area contributed by atoms with Crippen molar-refractivity contribution >= 4 is 15.9 Å². The van der Waals surface area contributed by atoms with Crippen LogP contribution in [0.4, 0.5) is 0 Å². The summed E-state index contributed by atoms with van der Waals surface area (Å²) in [6.07, 6.45) is 5.39. The number of ether oxygens (including phenoxy) is 1. The molecule has 1 aliphatic rings. The molecule has 0 atom stereocenters. The Morgan fingerprint density at radius 3 is 2.59 bits per heavy atom. The lowest BCUT2D eigenvalue weighted by molar-refractivity contribution is -0.129. The lowest BCUT2D eigenvalue weighted by atomic mass is 10.2. The van der Waals surface area contributed by atoms with Crippen molar-refractivity contribution in [1.82, 2.24) is 24.8 Å². The Labute approximate surface area is 185 Å². The van der Waals surface area contributed by atoms with Crippen molar-refractivity contribution in [3.63, 3.8) is 0 Å². The lowest BCUT2D eigenvalue weighted by Gasteiger charge is -2.23. The van der Waals surface area contributed by atoms with Gasteiger partial charge in [0.15, 0.2) is 0 Å². The van der Waals surface area contributed by atoms with E-state index in [2.05, 4.69) is 10.3 Å². The summed E-state index contributed by atoms with van der Waals surface area (Å²) in [6.45, 7) is -0.182. The Morgan fingerprint density at radius 1 is 1.19 bits per heavy atom. The molecule has 0 radical (unpaired) electrons. The molecule has 2 N–H and O–H groups in total. The van der Waals surface area contributed by atoms with E-state index in [1.54, 1.807) is 59.5 Å². The number of nitrogens with one attached hydrogen (secondary N) is 1. The van der Waals surface area contributed by atoms with Gasteiger partial charge in [-0.25, -0.2) is 18.6 Å². The Bertz CT molecular complexity index is 1160. The maximum absolute atomic E-state index is 13.5. The van der Waals surface area contributed by atoms with Gasteiger partial charge in [0.25, 0.3) is 5.91 Å². The number of aromatic nitrogens is 3. The molecule has 2 aromatic carbocycles. The molecule has 10 nitrogen and oxygen atoms in total. The van der Waals surface area contributed by atoms with Gasteiger partial charge in [-0.15, -0.1) is 5.10 Å². The number of para-hydroxylation sites is 1. The summed E-state index contributed by atoms with van der Waals surface area (Å²) in [5.74, 6) is -0.148. The van der Waals surface area contributed by atoms with E-state index in [0.717, 1.165) is 22.8 Å². The van der Waals surface area contributed by atoms with E-state index in [9.17, 15) is 13.2 Å². The van der Waals surface area contributed by atoms with Crippen molar-refractivity contribution in [2.24, 2.45) is 5.92 Å². The van der Waals surface area contributed by atoms with Crippen LogP contribution in [0, 0.1) is 5.92 Å². The van der Waals surface area contributed by atoms with Gasteiger partial charge in [0.1, 0.15) is 10.6 Å². The number of hydrogen-bond acceptors (Lipinski definition) is 7. The first kappa shape index (κ1) is 21.9. The highest BCUT2D eigenvalue weighted by Gasteiger charge is 2.30. The third-order valence-electron chi connectivity index (χ3n) is 5.07. The minimum Gasteiger partial charge on any atom is -0.492 e. The second kappa shape index (κ2) is 9.47. The highest BCUT2D eigenvalue weighted by atomic mass is 32.2. The second-order valence-corrected chi connectivity index (χ2v) is 9.43. The van der Waals surface area contributed by atoms with Crippen molar-refractivity contribution in [2.45, 2.75) is 24.3 Å². The van der Waals surface area contributed by atoms with E-state index in [-0.39, 0.29) is 17.2 Å². The van der Waals surface area contributed by atoms with Crippen molar-refractivity contribution in [3.05, 3.63) is 66.5 Å². The van der Waals surface area contributed by atoms with Crippen LogP contribution in [0.1, 0.15) is 18.4 Å². The minimum atomic E-state index is -4.11. The SMILES string of the molecule is O=C(CN(Cc1ccc(-n2ccnn2)cc1)S(=O)(=O)c1ccccc1OCC1CC1)NO. The van der Waals surface area contributed by atoms with Gasteiger partial charge in [0.05, 0.1) is 31.2 Å². The van der Waals surface area contributed by atoms with E-state index in [4.69, 9.17) is 9.94 Å². The first-order chi connectivity index (χ1) is 15.5. The summed E-state index contributed by atoms with van der Waals surface area (Å²) < 4.78 is 35.3. The van der Waals surface area contributed by atoms with Crippen LogP contribution in [0.2, 0.25) is 0 Å². The lowest BCUT2D eigenvalue weighted by Crippen LogP contribution is -2.39. The molecule has 4 rings (SSSR count). The molecule has 0 unspecified atom stereocenters. The molecule has 168 valence electrons. The molecule has 1 heterocycles. The van der Waals surface area contributed by atoms with Gasteiger partial charge >= 0.3 is 0 Å². The number of carbonyl (C=O) groups excluding carboxylic acids is 1. The zero-order valence-electron chi connectivity index (χ0n) is 17.2. The van der Waals surface area contributed by atoms with E-state index in [0.29, 0.717) is 18.1 Å². The van der Waals surface area contributed by atoms with Gasteiger partial charge in [-0.2, -0.15) is 4.31 Å². The number of nitrogens with zero attached hydrogens (tertiary/aromatic N) is 4. The third-order valence-corrected chi connectivity index (χ3v) is 6.90. The molecule has 3 aromatic rings. The van der Waals surface area contributed by atoms with Gasteiger partial charge in [0, 0.05) is 6.54 Å². The fourth-order valence-corrected chi connectivity index (χ4v) is 4.65. The zero-order valence-corrected chi connectivity index (χ0v) is 18.0. The molecular formula is C21H23N5O5S. The van der Waals surface area contributed by atoms with E-state index in [1.807, 2.05) is 0 Å². The number of carbonyl (C=O) groups is 1. The highest BCUT2D eigenvalue weighted by Crippen LogP contribution is 2.32. The maximum atomic E-state index is 13.5.